The van der Waals surface area contributed by atoms with Crippen molar-refractivity contribution < 1.29 is 0 Å². The SMILES string of the molecule is S=C(Nc1ccc2ccccc2c1)Nc1ccc2nsnc2c1. The van der Waals surface area contributed by atoms with E-state index in [2.05, 4.69) is 43.6 Å². The molecule has 0 aliphatic carbocycles. The Morgan fingerprint density at radius 2 is 1.48 bits per heavy atom. The molecule has 0 aliphatic rings. The molecule has 1 heterocycles. The van der Waals surface area contributed by atoms with Crippen molar-refractivity contribution in [3.05, 3.63) is 60.7 Å². The first-order valence-corrected chi connectivity index (χ1v) is 8.21. The van der Waals surface area contributed by atoms with E-state index >= 15 is 0 Å². The maximum Gasteiger partial charge on any atom is 0.175 e. The van der Waals surface area contributed by atoms with Crippen LogP contribution in [-0.2, 0) is 0 Å². The Morgan fingerprint density at radius 3 is 2.35 bits per heavy atom. The van der Waals surface area contributed by atoms with Gasteiger partial charge in [0.25, 0.3) is 0 Å². The Hall–Kier alpha value is -2.57. The standard InChI is InChI=1S/C17H12N4S2/c22-17(19-14-7-8-15-16(10-14)21-23-20-15)18-13-6-5-11-3-1-2-4-12(11)9-13/h1-10H,(H2,18,19,22). The van der Waals surface area contributed by atoms with Crippen molar-refractivity contribution in [1.29, 1.82) is 0 Å². The molecule has 4 nitrogen and oxygen atoms in total. The Morgan fingerprint density at radius 1 is 0.783 bits per heavy atom. The minimum Gasteiger partial charge on any atom is -0.332 e. The molecule has 0 saturated heterocycles. The lowest BCUT2D eigenvalue weighted by Crippen LogP contribution is -2.18. The molecular weight excluding hydrogens is 324 g/mol. The minimum atomic E-state index is 0.544. The van der Waals surface area contributed by atoms with Gasteiger partial charge in [0.15, 0.2) is 5.11 Å². The molecule has 0 fully saturated rings. The van der Waals surface area contributed by atoms with Crippen LogP contribution < -0.4 is 10.6 Å². The zero-order chi connectivity index (χ0) is 15.6. The summed E-state index contributed by atoms with van der Waals surface area (Å²) in [6.45, 7) is 0. The molecule has 23 heavy (non-hydrogen) atoms. The van der Waals surface area contributed by atoms with Crippen LogP contribution in [-0.4, -0.2) is 13.9 Å². The Labute approximate surface area is 142 Å². The van der Waals surface area contributed by atoms with E-state index in [1.54, 1.807) is 0 Å². The first-order valence-electron chi connectivity index (χ1n) is 7.07. The highest BCUT2D eigenvalue weighted by Crippen LogP contribution is 2.20. The molecule has 0 unspecified atom stereocenters. The number of aromatic nitrogens is 2. The van der Waals surface area contributed by atoms with E-state index < -0.39 is 0 Å². The van der Waals surface area contributed by atoms with Gasteiger partial charge in [-0.3, -0.25) is 0 Å². The summed E-state index contributed by atoms with van der Waals surface area (Å²) in [6, 6.07) is 20.2. The third-order valence-corrected chi connectivity index (χ3v) is 4.28. The minimum absolute atomic E-state index is 0.544. The second-order valence-corrected chi connectivity index (χ2v) is 6.05. The van der Waals surface area contributed by atoms with Gasteiger partial charge in [-0.05, 0) is 53.3 Å². The van der Waals surface area contributed by atoms with E-state index in [1.165, 1.54) is 22.5 Å². The Bertz CT molecular complexity index is 1010. The average Bonchev–Trinajstić information content (AvgIpc) is 3.02. The number of fused-ring (bicyclic) bond motifs is 2. The molecule has 0 atom stereocenters. The number of rotatable bonds is 2. The summed E-state index contributed by atoms with van der Waals surface area (Å²) >= 11 is 6.60. The highest BCUT2D eigenvalue weighted by molar-refractivity contribution is 7.80. The van der Waals surface area contributed by atoms with Crippen molar-refractivity contribution >= 4 is 62.2 Å². The first-order chi connectivity index (χ1) is 11.3. The summed E-state index contributed by atoms with van der Waals surface area (Å²) in [5.74, 6) is 0. The molecule has 4 rings (SSSR count). The lowest BCUT2D eigenvalue weighted by molar-refractivity contribution is 1.60. The van der Waals surface area contributed by atoms with E-state index in [4.69, 9.17) is 12.2 Å². The lowest BCUT2D eigenvalue weighted by Gasteiger charge is -2.11. The molecule has 0 saturated carbocycles. The van der Waals surface area contributed by atoms with Crippen molar-refractivity contribution in [3.63, 3.8) is 0 Å². The van der Waals surface area contributed by atoms with Crippen LogP contribution in [0.15, 0.2) is 60.7 Å². The molecule has 0 radical (unpaired) electrons. The van der Waals surface area contributed by atoms with Gasteiger partial charge >= 0.3 is 0 Å². The fourth-order valence-corrected chi connectivity index (χ4v) is 3.17. The highest BCUT2D eigenvalue weighted by atomic mass is 32.1. The molecule has 0 amide bonds. The molecule has 112 valence electrons. The van der Waals surface area contributed by atoms with Crippen LogP contribution in [0.2, 0.25) is 0 Å². The Kier molecular flexibility index (Phi) is 3.61. The predicted octanol–water partition coefficient (Wildman–Crippen LogP) is 4.65. The number of benzene rings is 3. The van der Waals surface area contributed by atoms with Crippen LogP contribution in [0.3, 0.4) is 0 Å². The molecule has 0 bridgehead atoms. The van der Waals surface area contributed by atoms with Crippen LogP contribution in [0.1, 0.15) is 0 Å². The second kappa shape index (κ2) is 5.91. The molecule has 6 heteroatoms. The summed E-state index contributed by atoms with van der Waals surface area (Å²) in [4.78, 5) is 0. The van der Waals surface area contributed by atoms with Crippen molar-refractivity contribution in [2.75, 3.05) is 10.6 Å². The van der Waals surface area contributed by atoms with Gasteiger partial charge in [0.2, 0.25) is 0 Å². The molecular formula is C17H12N4S2. The summed E-state index contributed by atoms with van der Waals surface area (Å²) in [7, 11) is 0. The third kappa shape index (κ3) is 2.99. The average molecular weight is 336 g/mol. The van der Waals surface area contributed by atoms with E-state index in [0.717, 1.165) is 22.4 Å². The van der Waals surface area contributed by atoms with Gasteiger partial charge in [0.05, 0.1) is 11.7 Å². The van der Waals surface area contributed by atoms with Crippen LogP contribution in [0, 0.1) is 0 Å². The number of nitrogens with zero attached hydrogens (tertiary/aromatic N) is 2. The number of hydrogen-bond acceptors (Lipinski definition) is 4. The summed E-state index contributed by atoms with van der Waals surface area (Å²) in [6.07, 6.45) is 0. The van der Waals surface area contributed by atoms with Crippen molar-refractivity contribution in [2.24, 2.45) is 0 Å². The summed E-state index contributed by atoms with van der Waals surface area (Å²) in [5, 5.41) is 9.32. The van der Waals surface area contributed by atoms with Crippen LogP contribution >= 0.6 is 23.9 Å². The van der Waals surface area contributed by atoms with E-state index in [9.17, 15) is 0 Å². The fraction of sp³-hybridized carbons (Fsp3) is 0. The van der Waals surface area contributed by atoms with E-state index in [0.29, 0.717) is 5.11 Å². The zero-order valence-corrected chi connectivity index (χ0v) is 13.6. The number of thiocarbonyl (C=S) groups is 1. The molecule has 2 N–H and O–H groups in total. The molecule has 4 aromatic rings. The number of hydrogen-bond donors (Lipinski definition) is 2. The maximum atomic E-state index is 5.39. The topological polar surface area (TPSA) is 49.8 Å². The van der Waals surface area contributed by atoms with Gasteiger partial charge in [-0.15, -0.1) is 0 Å². The van der Waals surface area contributed by atoms with Gasteiger partial charge < -0.3 is 10.6 Å². The fourth-order valence-electron chi connectivity index (χ4n) is 2.42. The van der Waals surface area contributed by atoms with Gasteiger partial charge in [-0.25, -0.2) is 0 Å². The summed E-state index contributed by atoms with van der Waals surface area (Å²) < 4.78 is 8.42. The highest BCUT2D eigenvalue weighted by Gasteiger charge is 2.03. The maximum absolute atomic E-state index is 5.39. The van der Waals surface area contributed by atoms with Crippen molar-refractivity contribution in [2.45, 2.75) is 0 Å². The quantitative estimate of drug-likeness (QED) is 0.522. The van der Waals surface area contributed by atoms with Gasteiger partial charge in [-0.2, -0.15) is 8.75 Å². The van der Waals surface area contributed by atoms with Crippen LogP contribution in [0.25, 0.3) is 21.8 Å². The number of anilines is 2. The van der Waals surface area contributed by atoms with Crippen molar-refractivity contribution in [3.8, 4) is 0 Å². The normalized spacial score (nSPS) is 10.8. The molecule has 0 aliphatic heterocycles. The molecule has 3 aromatic carbocycles. The first kappa shape index (κ1) is 14.0. The van der Waals surface area contributed by atoms with E-state index in [1.807, 2.05) is 36.4 Å². The van der Waals surface area contributed by atoms with Gasteiger partial charge in [0.1, 0.15) is 11.0 Å². The Balaban J connectivity index is 1.51. The predicted molar refractivity (Wildman–Crippen MR) is 101 cm³/mol. The number of nitrogens with one attached hydrogen (secondary N) is 2. The van der Waals surface area contributed by atoms with Gasteiger partial charge in [-0.1, -0.05) is 30.3 Å². The van der Waals surface area contributed by atoms with E-state index in [-0.39, 0.29) is 0 Å². The van der Waals surface area contributed by atoms with Crippen LogP contribution in [0.4, 0.5) is 11.4 Å². The third-order valence-electron chi connectivity index (χ3n) is 3.52. The zero-order valence-electron chi connectivity index (χ0n) is 12.0. The second-order valence-electron chi connectivity index (χ2n) is 5.11. The summed E-state index contributed by atoms with van der Waals surface area (Å²) in [5.41, 5.74) is 3.61. The smallest absolute Gasteiger partial charge is 0.175 e. The van der Waals surface area contributed by atoms with Crippen molar-refractivity contribution in [1.82, 2.24) is 8.75 Å². The van der Waals surface area contributed by atoms with Gasteiger partial charge in [0, 0.05) is 11.4 Å². The monoisotopic (exact) mass is 336 g/mol. The van der Waals surface area contributed by atoms with Crippen LogP contribution in [0.5, 0.6) is 0 Å². The molecule has 1 aromatic heterocycles. The lowest BCUT2D eigenvalue weighted by atomic mass is 10.1. The largest absolute Gasteiger partial charge is 0.332 e. The molecule has 0 spiro atoms.